The minimum atomic E-state index is -4.44. The van der Waals surface area contributed by atoms with Crippen molar-refractivity contribution in [2.45, 2.75) is 31.4 Å². The van der Waals surface area contributed by atoms with E-state index in [0.29, 0.717) is 18.4 Å². The highest BCUT2D eigenvalue weighted by molar-refractivity contribution is 9.10. The molecule has 22 heavy (non-hydrogen) atoms. The van der Waals surface area contributed by atoms with Gasteiger partial charge in [-0.2, -0.15) is 13.2 Å². The van der Waals surface area contributed by atoms with Gasteiger partial charge in [-0.15, -0.1) is 0 Å². The zero-order valence-electron chi connectivity index (χ0n) is 11.3. The Balaban J connectivity index is 1.95. The molecule has 2 fully saturated rings. The number of carbonyl (C=O) groups excluding carboxylic acids is 2. The molecule has 1 heterocycles. The quantitative estimate of drug-likeness (QED) is 0.548. The summed E-state index contributed by atoms with van der Waals surface area (Å²) in [5, 5.41) is 0. The van der Waals surface area contributed by atoms with Gasteiger partial charge in [0.2, 0.25) is 0 Å². The fraction of sp³-hybridized carbons (Fsp3) is 0.467. The molecule has 0 bridgehead atoms. The topological polar surface area (TPSA) is 43.4 Å². The highest BCUT2D eigenvalue weighted by Gasteiger charge is 2.50. The molecule has 1 aliphatic heterocycles. The molecule has 1 aliphatic carbocycles. The molecule has 3 atom stereocenters. The zero-order valence-corrected chi connectivity index (χ0v) is 12.9. The maximum Gasteiger partial charge on any atom is 0.417 e. The number of hydrogen-bond donors (Lipinski definition) is 0. The Kier molecular flexibility index (Phi) is 3.79. The molecule has 3 nitrogen and oxygen atoms in total. The molecule has 2 aliphatic rings. The molecule has 7 heteroatoms. The summed E-state index contributed by atoms with van der Waals surface area (Å²) < 4.78 is 43.0. The minimum absolute atomic E-state index is 0.0580. The van der Waals surface area contributed by atoms with Crippen molar-refractivity contribution in [1.82, 2.24) is 0 Å². The third-order valence-corrected chi connectivity index (χ3v) is 5.06. The molecule has 0 aromatic heterocycles. The van der Waals surface area contributed by atoms with Gasteiger partial charge in [0.15, 0.2) is 0 Å². The van der Waals surface area contributed by atoms with E-state index in [0.717, 1.165) is 12.5 Å². The average Bonchev–Trinajstić information content (AvgIpc) is 2.73. The molecular formula is C15H12BrF3O3. The van der Waals surface area contributed by atoms with E-state index in [9.17, 15) is 22.8 Å². The lowest BCUT2D eigenvalue weighted by molar-refractivity contribution is -0.154. The number of carbonyl (C=O) groups is 2. The van der Waals surface area contributed by atoms with E-state index in [1.807, 2.05) is 0 Å². The van der Waals surface area contributed by atoms with Crippen LogP contribution in [0.1, 0.15) is 36.3 Å². The van der Waals surface area contributed by atoms with E-state index < -0.39 is 35.5 Å². The molecule has 1 saturated carbocycles. The van der Waals surface area contributed by atoms with Crippen molar-refractivity contribution in [3.63, 3.8) is 0 Å². The number of fused-ring (bicyclic) bond motifs is 1. The van der Waals surface area contributed by atoms with Crippen LogP contribution in [-0.2, 0) is 20.5 Å². The summed E-state index contributed by atoms with van der Waals surface area (Å²) in [6, 6.07) is 3.79. The summed E-state index contributed by atoms with van der Waals surface area (Å²) in [6.07, 6.45) is -2.45. The molecule has 118 valence electrons. The third kappa shape index (κ3) is 2.55. The van der Waals surface area contributed by atoms with Gasteiger partial charge in [-0.05, 0) is 36.5 Å². The van der Waals surface area contributed by atoms with Crippen LogP contribution in [0.2, 0.25) is 0 Å². The van der Waals surface area contributed by atoms with E-state index in [1.54, 1.807) is 0 Å². The Hall–Kier alpha value is -1.37. The normalized spacial score (nSPS) is 28.5. The summed E-state index contributed by atoms with van der Waals surface area (Å²) in [5.74, 6) is -2.39. The van der Waals surface area contributed by atoms with Gasteiger partial charge in [-0.25, -0.2) is 0 Å². The maximum absolute atomic E-state index is 12.8. The number of cyclic esters (lactones) is 2. The van der Waals surface area contributed by atoms with Crippen molar-refractivity contribution < 1.29 is 27.5 Å². The number of ether oxygens (including phenoxy) is 1. The van der Waals surface area contributed by atoms with Crippen LogP contribution in [-0.4, -0.2) is 11.9 Å². The average molecular weight is 377 g/mol. The second-order valence-electron chi connectivity index (χ2n) is 5.65. The molecule has 0 N–H and O–H groups in total. The van der Waals surface area contributed by atoms with Crippen LogP contribution in [0.15, 0.2) is 22.7 Å². The first-order chi connectivity index (χ1) is 10.3. The van der Waals surface area contributed by atoms with Crippen molar-refractivity contribution in [3.8, 4) is 0 Å². The molecule has 1 aromatic rings. The number of alkyl halides is 3. The summed E-state index contributed by atoms with van der Waals surface area (Å²) in [7, 11) is 0. The molecule has 3 rings (SSSR count). The third-order valence-electron chi connectivity index (χ3n) is 4.40. The fourth-order valence-electron chi connectivity index (χ4n) is 3.40. The van der Waals surface area contributed by atoms with Gasteiger partial charge >= 0.3 is 18.1 Å². The van der Waals surface area contributed by atoms with E-state index >= 15 is 0 Å². The standard InChI is InChI=1S/C15H12BrF3O3/c16-11-6-7(4-5-10(11)15(17,18)19)8-2-1-3-9-12(8)14(21)22-13(9)20/h4-6,8-9,12H,1-3H2/t8-,9-,12+/m0/s1. The van der Waals surface area contributed by atoms with Crippen LogP contribution >= 0.6 is 15.9 Å². The number of halogens is 4. The van der Waals surface area contributed by atoms with Gasteiger partial charge in [0.05, 0.1) is 17.4 Å². The molecule has 1 saturated heterocycles. The summed E-state index contributed by atoms with van der Waals surface area (Å²) in [5.41, 5.74) is -0.130. The Labute approximate surface area is 133 Å². The Morgan fingerprint density at radius 3 is 2.41 bits per heavy atom. The lowest BCUT2D eigenvalue weighted by Crippen LogP contribution is -2.29. The van der Waals surface area contributed by atoms with Crippen LogP contribution < -0.4 is 0 Å². The molecule has 0 unspecified atom stereocenters. The predicted octanol–water partition coefficient (Wildman–Crippen LogP) is 4.05. The lowest BCUT2D eigenvalue weighted by Gasteiger charge is -2.30. The molecule has 0 spiro atoms. The van der Waals surface area contributed by atoms with Gasteiger partial charge in [-0.3, -0.25) is 9.59 Å². The smallest absolute Gasteiger partial charge is 0.393 e. The monoisotopic (exact) mass is 376 g/mol. The number of rotatable bonds is 1. The first-order valence-electron chi connectivity index (χ1n) is 6.91. The van der Waals surface area contributed by atoms with E-state index in [1.165, 1.54) is 12.1 Å². The van der Waals surface area contributed by atoms with E-state index in [2.05, 4.69) is 15.9 Å². The van der Waals surface area contributed by atoms with Gasteiger partial charge < -0.3 is 4.74 Å². The first-order valence-corrected chi connectivity index (χ1v) is 7.70. The van der Waals surface area contributed by atoms with Crippen LogP contribution in [0, 0.1) is 11.8 Å². The highest BCUT2D eigenvalue weighted by atomic mass is 79.9. The van der Waals surface area contributed by atoms with Crippen LogP contribution in [0.3, 0.4) is 0 Å². The van der Waals surface area contributed by atoms with Crippen LogP contribution in [0.4, 0.5) is 13.2 Å². The van der Waals surface area contributed by atoms with E-state index in [-0.39, 0.29) is 10.4 Å². The van der Waals surface area contributed by atoms with Gasteiger partial charge in [0.1, 0.15) is 0 Å². The largest absolute Gasteiger partial charge is 0.417 e. The second-order valence-corrected chi connectivity index (χ2v) is 6.50. The van der Waals surface area contributed by atoms with Crippen LogP contribution in [0.25, 0.3) is 0 Å². The molecule has 0 amide bonds. The Morgan fingerprint density at radius 1 is 1.09 bits per heavy atom. The van der Waals surface area contributed by atoms with Crippen molar-refractivity contribution in [3.05, 3.63) is 33.8 Å². The number of esters is 2. The zero-order chi connectivity index (χ0) is 16.1. The first kappa shape index (κ1) is 15.5. The molecular weight excluding hydrogens is 365 g/mol. The lowest BCUT2D eigenvalue weighted by atomic mass is 9.70. The SMILES string of the molecule is O=C1OC(=O)[C@H]2CCC[C@@H](c3ccc(C(F)(F)F)c(Br)c3)[C@@H]12. The van der Waals surface area contributed by atoms with Gasteiger partial charge in [-0.1, -0.05) is 28.4 Å². The van der Waals surface area contributed by atoms with Crippen LogP contribution in [0.5, 0.6) is 0 Å². The van der Waals surface area contributed by atoms with Crippen molar-refractivity contribution >= 4 is 27.9 Å². The summed E-state index contributed by atoms with van der Waals surface area (Å²) in [6.45, 7) is 0. The number of hydrogen-bond acceptors (Lipinski definition) is 3. The second kappa shape index (κ2) is 5.37. The van der Waals surface area contributed by atoms with Gasteiger partial charge in [0, 0.05) is 4.47 Å². The Bertz CT molecular complexity index is 641. The Morgan fingerprint density at radius 2 is 1.77 bits per heavy atom. The van der Waals surface area contributed by atoms with Crippen molar-refractivity contribution in [1.29, 1.82) is 0 Å². The van der Waals surface area contributed by atoms with E-state index in [4.69, 9.17) is 4.74 Å². The molecule has 1 aromatic carbocycles. The minimum Gasteiger partial charge on any atom is -0.393 e. The summed E-state index contributed by atoms with van der Waals surface area (Å²) in [4.78, 5) is 23.5. The fourth-order valence-corrected chi connectivity index (χ4v) is 4.02. The van der Waals surface area contributed by atoms with Crippen molar-refractivity contribution in [2.75, 3.05) is 0 Å². The van der Waals surface area contributed by atoms with Crippen molar-refractivity contribution in [2.24, 2.45) is 11.8 Å². The maximum atomic E-state index is 12.8. The predicted molar refractivity (Wildman–Crippen MR) is 73.8 cm³/mol. The highest BCUT2D eigenvalue weighted by Crippen LogP contribution is 2.47. The van der Waals surface area contributed by atoms with Gasteiger partial charge in [0.25, 0.3) is 0 Å². The summed E-state index contributed by atoms with van der Waals surface area (Å²) >= 11 is 2.95. The molecule has 0 radical (unpaired) electrons. The number of benzene rings is 1.